The number of hydrogen-bond acceptors (Lipinski definition) is 3. The van der Waals surface area contributed by atoms with Gasteiger partial charge in [0.05, 0.1) is 18.5 Å². The third-order valence-electron chi connectivity index (χ3n) is 1.85. The lowest BCUT2D eigenvalue weighted by Crippen LogP contribution is -2.30. The molecule has 0 aromatic carbocycles. The summed E-state index contributed by atoms with van der Waals surface area (Å²) in [6.07, 6.45) is 3.72. The van der Waals surface area contributed by atoms with Crippen LogP contribution in [0.3, 0.4) is 0 Å². The minimum atomic E-state index is 0.694. The number of aromatic nitrogens is 1. The molecule has 2 heterocycles. The standard InChI is InChI=1S/C9H10BrNOS/c10-8-1-7(2-11-3-8)6-13-9-4-12-5-9/h1-3,9H,4-6H2. The summed E-state index contributed by atoms with van der Waals surface area (Å²) in [5.41, 5.74) is 1.27. The number of hydrogen-bond donors (Lipinski definition) is 0. The summed E-state index contributed by atoms with van der Waals surface area (Å²) in [6.45, 7) is 1.82. The van der Waals surface area contributed by atoms with E-state index in [9.17, 15) is 0 Å². The van der Waals surface area contributed by atoms with Crippen LogP contribution in [0.2, 0.25) is 0 Å². The summed E-state index contributed by atoms with van der Waals surface area (Å²) in [7, 11) is 0. The number of halogens is 1. The van der Waals surface area contributed by atoms with Crippen LogP contribution in [-0.2, 0) is 10.5 Å². The predicted octanol–water partition coefficient (Wildman–Crippen LogP) is 2.48. The average Bonchev–Trinajstić information content (AvgIpc) is 2.01. The Labute approximate surface area is 90.2 Å². The SMILES string of the molecule is Brc1cncc(CSC2COC2)c1. The first-order valence-electron chi connectivity index (χ1n) is 4.13. The van der Waals surface area contributed by atoms with Crippen molar-refractivity contribution in [1.82, 2.24) is 4.98 Å². The fourth-order valence-electron chi connectivity index (χ4n) is 1.06. The topological polar surface area (TPSA) is 22.1 Å². The molecular weight excluding hydrogens is 250 g/mol. The molecule has 0 spiro atoms. The molecule has 1 aromatic heterocycles. The maximum Gasteiger partial charge on any atom is 0.0608 e. The molecule has 70 valence electrons. The van der Waals surface area contributed by atoms with Crippen LogP contribution in [0.5, 0.6) is 0 Å². The van der Waals surface area contributed by atoms with Crippen molar-refractivity contribution < 1.29 is 4.74 Å². The Bertz CT molecular complexity index is 291. The largest absolute Gasteiger partial charge is 0.379 e. The highest BCUT2D eigenvalue weighted by Crippen LogP contribution is 2.23. The van der Waals surface area contributed by atoms with Gasteiger partial charge >= 0.3 is 0 Å². The van der Waals surface area contributed by atoms with Crippen LogP contribution >= 0.6 is 27.7 Å². The van der Waals surface area contributed by atoms with E-state index in [4.69, 9.17) is 4.74 Å². The molecule has 2 nitrogen and oxygen atoms in total. The molecule has 13 heavy (non-hydrogen) atoms. The van der Waals surface area contributed by atoms with Gasteiger partial charge in [0, 0.05) is 22.6 Å². The van der Waals surface area contributed by atoms with E-state index in [1.54, 1.807) is 6.20 Å². The molecule has 1 aliphatic rings. The number of rotatable bonds is 3. The first-order chi connectivity index (χ1) is 6.34. The van der Waals surface area contributed by atoms with E-state index in [-0.39, 0.29) is 0 Å². The molecule has 0 aliphatic carbocycles. The average molecular weight is 260 g/mol. The molecule has 2 rings (SSSR count). The number of ether oxygens (including phenoxy) is 1. The van der Waals surface area contributed by atoms with Gasteiger partial charge in [0.25, 0.3) is 0 Å². The van der Waals surface area contributed by atoms with Gasteiger partial charge in [-0.05, 0) is 27.6 Å². The summed E-state index contributed by atoms with van der Waals surface area (Å²) in [6, 6.07) is 2.11. The normalized spacial score (nSPS) is 17.0. The highest BCUT2D eigenvalue weighted by molar-refractivity contribution is 9.10. The summed E-state index contributed by atoms with van der Waals surface area (Å²) in [5, 5.41) is 0.694. The van der Waals surface area contributed by atoms with Gasteiger partial charge in [-0.3, -0.25) is 4.98 Å². The third kappa shape index (κ3) is 2.69. The van der Waals surface area contributed by atoms with Crippen molar-refractivity contribution in [1.29, 1.82) is 0 Å². The van der Waals surface area contributed by atoms with Crippen LogP contribution in [0, 0.1) is 0 Å². The Morgan fingerprint density at radius 3 is 3.00 bits per heavy atom. The highest BCUT2D eigenvalue weighted by Gasteiger charge is 2.18. The van der Waals surface area contributed by atoms with Gasteiger partial charge in [-0.1, -0.05) is 0 Å². The van der Waals surface area contributed by atoms with Crippen molar-refractivity contribution >= 4 is 27.7 Å². The van der Waals surface area contributed by atoms with Gasteiger partial charge in [-0.25, -0.2) is 0 Å². The van der Waals surface area contributed by atoms with E-state index in [1.807, 2.05) is 18.0 Å². The number of thioether (sulfide) groups is 1. The summed E-state index contributed by atoms with van der Waals surface area (Å²) in [5.74, 6) is 1.03. The Kier molecular flexibility index (Phi) is 3.24. The van der Waals surface area contributed by atoms with E-state index in [0.29, 0.717) is 5.25 Å². The molecule has 0 radical (unpaired) electrons. The second-order valence-corrected chi connectivity index (χ2v) is 5.19. The van der Waals surface area contributed by atoms with E-state index in [1.165, 1.54) is 5.56 Å². The number of nitrogens with zero attached hydrogens (tertiary/aromatic N) is 1. The molecule has 0 amide bonds. The van der Waals surface area contributed by atoms with Crippen molar-refractivity contribution in [2.24, 2.45) is 0 Å². The van der Waals surface area contributed by atoms with E-state index < -0.39 is 0 Å². The van der Waals surface area contributed by atoms with Crippen molar-refractivity contribution in [3.63, 3.8) is 0 Å². The number of pyridine rings is 1. The van der Waals surface area contributed by atoms with Crippen molar-refractivity contribution in [3.05, 3.63) is 28.5 Å². The van der Waals surface area contributed by atoms with Crippen LogP contribution in [0.25, 0.3) is 0 Å². The smallest absolute Gasteiger partial charge is 0.0608 e. The first kappa shape index (κ1) is 9.49. The zero-order valence-electron chi connectivity index (χ0n) is 7.07. The molecule has 0 unspecified atom stereocenters. The van der Waals surface area contributed by atoms with Gasteiger partial charge < -0.3 is 4.74 Å². The maximum atomic E-state index is 5.10. The fourth-order valence-corrected chi connectivity index (χ4v) is 2.44. The summed E-state index contributed by atoms with van der Waals surface area (Å²) >= 11 is 5.34. The summed E-state index contributed by atoms with van der Waals surface area (Å²) in [4.78, 5) is 4.11. The van der Waals surface area contributed by atoms with Gasteiger partial charge in [-0.15, -0.1) is 11.8 Å². The van der Waals surface area contributed by atoms with Gasteiger partial charge in [0.15, 0.2) is 0 Å². The molecule has 1 saturated heterocycles. The maximum absolute atomic E-state index is 5.10. The Morgan fingerprint density at radius 1 is 1.54 bits per heavy atom. The molecule has 4 heteroatoms. The van der Waals surface area contributed by atoms with E-state index in [2.05, 4.69) is 27.0 Å². The minimum absolute atomic E-state index is 0.694. The van der Waals surface area contributed by atoms with Crippen LogP contribution in [0.4, 0.5) is 0 Å². The first-order valence-corrected chi connectivity index (χ1v) is 5.97. The van der Waals surface area contributed by atoms with Gasteiger partial charge in [-0.2, -0.15) is 0 Å². The van der Waals surface area contributed by atoms with E-state index >= 15 is 0 Å². The second-order valence-electron chi connectivity index (χ2n) is 2.98. The highest BCUT2D eigenvalue weighted by atomic mass is 79.9. The molecule has 0 saturated carbocycles. The molecular formula is C9H10BrNOS. The molecule has 1 aliphatic heterocycles. The van der Waals surface area contributed by atoms with Crippen LogP contribution in [-0.4, -0.2) is 23.4 Å². The lowest BCUT2D eigenvalue weighted by Gasteiger charge is -2.25. The summed E-state index contributed by atoms with van der Waals surface area (Å²) < 4.78 is 6.15. The van der Waals surface area contributed by atoms with Gasteiger partial charge in [0.2, 0.25) is 0 Å². The molecule has 0 atom stereocenters. The van der Waals surface area contributed by atoms with Gasteiger partial charge in [0.1, 0.15) is 0 Å². The van der Waals surface area contributed by atoms with Crippen molar-refractivity contribution in [2.75, 3.05) is 13.2 Å². The monoisotopic (exact) mass is 259 g/mol. The van der Waals surface area contributed by atoms with Crippen LogP contribution in [0.1, 0.15) is 5.56 Å². The predicted molar refractivity (Wildman–Crippen MR) is 57.8 cm³/mol. The lowest BCUT2D eigenvalue weighted by atomic mass is 10.3. The Morgan fingerprint density at radius 2 is 2.38 bits per heavy atom. The van der Waals surface area contributed by atoms with Crippen molar-refractivity contribution in [2.45, 2.75) is 11.0 Å². The zero-order chi connectivity index (χ0) is 9.10. The molecule has 0 bridgehead atoms. The quantitative estimate of drug-likeness (QED) is 0.833. The van der Waals surface area contributed by atoms with Crippen LogP contribution < -0.4 is 0 Å². The lowest BCUT2D eigenvalue weighted by molar-refractivity contribution is 0.0455. The third-order valence-corrected chi connectivity index (χ3v) is 3.53. The molecule has 1 fully saturated rings. The Hall–Kier alpha value is -0.0600. The zero-order valence-corrected chi connectivity index (χ0v) is 9.47. The Balaban J connectivity index is 1.86. The van der Waals surface area contributed by atoms with Crippen LogP contribution in [0.15, 0.2) is 22.9 Å². The fraction of sp³-hybridized carbons (Fsp3) is 0.444. The molecule has 1 aromatic rings. The molecule has 0 N–H and O–H groups in total. The minimum Gasteiger partial charge on any atom is -0.379 e. The second kappa shape index (κ2) is 4.44. The van der Waals surface area contributed by atoms with Crippen molar-refractivity contribution in [3.8, 4) is 0 Å². The van der Waals surface area contributed by atoms with E-state index in [0.717, 1.165) is 23.4 Å².